The summed E-state index contributed by atoms with van der Waals surface area (Å²) < 4.78 is 52.8. The van der Waals surface area contributed by atoms with Crippen LogP contribution in [0.5, 0.6) is 0 Å². The fourth-order valence-corrected chi connectivity index (χ4v) is 3.44. The highest BCUT2D eigenvalue weighted by Crippen LogP contribution is 2.24. The minimum atomic E-state index is -4.08. The lowest BCUT2D eigenvalue weighted by molar-refractivity contribution is 0.272. The molecule has 0 spiro atoms. The van der Waals surface area contributed by atoms with Gasteiger partial charge in [0.1, 0.15) is 16.5 Å². The molecule has 0 atom stereocenters. The zero-order chi connectivity index (χ0) is 15.6. The van der Waals surface area contributed by atoms with E-state index in [0.29, 0.717) is 6.07 Å². The number of nitrogens with two attached hydrogens (primary N) is 1. The minimum absolute atomic E-state index is 0.137. The number of halogens is 2. The van der Waals surface area contributed by atoms with Crippen molar-refractivity contribution < 1.29 is 17.2 Å². The molecule has 0 saturated carbocycles. The molecular formula is C13H20F2N2O2S. The number of hydrogen-bond donors (Lipinski definition) is 1. The molecule has 1 aromatic carbocycles. The Bertz CT molecular complexity index is 574. The smallest absolute Gasteiger partial charge is 0.246 e. The third kappa shape index (κ3) is 3.74. The van der Waals surface area contributed by atoms with Crippen molar-refractivity contribution in [2.24, 2.45) is 11.1 Å². The van der Waals surface area contributed by atoms with Gasteiger partial charge < -0.3 is 5.73 Å². The van der Waals surface area contributed by atoms with Crippen LogP contribution in [0.3, 0.4) is 0 Å². The fraction of sp³-hybridized carbons (Fsp3) is 0.538. The molecule has 2 N–H and O–H groups in total. The van der Waals surface area contributed by atoms with Crippen LogP contribution in [0, 0.1) is 17.0 Å². The second-order valence-electron chi connectivity index (χ2n) is 5.37. The van der Waals surface area contributed by atoms with Gasteiger partial charge in [0.15, 0.2) is 0 Å². The highest BCUT2D eigenvalue weighted by atomic mass is 32.2. The van der Waals surface area contributed by atoms with Gasteiger partial charge in [-0.3, -0.25) is 0 Å². The number of hydrogen-bond acceptors (Lipinski definition) is 3. The summed E-state index contributed by atoms with van der Waals surface area (Å²) in [4.78, 5) is -0.646. The summed E-state index contributed by atoms with van der Waals surface area (Å²) in [6, 6.07) is 2.39. The van der Waals surface area contributed by atoms with Crippen LogP contribution in [0.15, 0.2) is 23.1 Å². The Labute approximate surface area is 118 Å². The molecule has 0 saturated heterocycles. The quantitative estimate of drug-likeness (QED) is 0.874. The molecule has 0 aliphatic carbocycles. The van der Waals surface area contributed by atoms with Crippen molar-refractivity contribution in [1.82, 2.24) is 4.31 Å². The molecule has 0 amide bonds. The molecule has 0 aliphatic heterocycles. The first-order valence-corrected chi connectivity index (χ1v) is 7.73. The SMILES string of the molecule is CCN(CC(C)(C)CN)S(=O)(=O)c1cc(F)ccc1F. The second kappa shape index (κ2) is 6.15. The van der Waals surface area contributed by atoms with E-state index in [-0.39, 0.29) is 19.6 Å². The molecule has 4 nitrogen and oxygen atoms in total. The Morgan fingerprint density at radius 3 is 2.40 bits per heavy atom. The van der Waals surface area contributed by atoms with Crippen molar-refractivity contribution in [2.45, 2.75) is 25.7 Å². The van der Waals surface area contributed by atoms with E-state index in [4.69, 9.17) is 5.73 Å². The molecule has 0 unspecified atom stereocenters. The molecule has 114 valence electrons. The molecule has 0 aromatic heterocycles. The Balaban J connectivity index is 3.22. The van der Waals surface area contributed by atoms with Crippen molar-refractivity contribution in [1.29, 1.82) is 0 Å². The molecule has 0 bridgehead atoms. The first kappa shape index (κ1) is 17.0. The van der Waals surface area contributed by atoms with Gasteiger partial charge >= 0.3 is 0 Å². The molecule has 0 fully saturated rings. The topological polar surface area (TPSA) is 63.4 Å². The van der Waals surface area contributed by atoms with Crippen LogP contribution in [0.1, 0.15) is 20.8 Å². The van der Waals surface area contributed by atoms with Gasteiger partial charge in [0.25, 0.3) is 0 Å². The van der Waals surface area contributed by atoms with E-state index in [9.17, 15) is 17.2 Å². The van der Waals surface area contributed by atoms with Gasteiger partial charge in [0.2, 0.25) is 10.0 Å². The van der Waals surface area contributed by atoms with E-state index in [1.165, 1.54) is 0 Å². The van der Waals surface area contributed by atoms with Crippen LogP contribution in [0.25, 0.3) is 0 Å². The lowest BCUT2D eigenvalue weighted by Crippen LogP contribution is -2.42. The van der Waals surface area contributed by atoms with E-state index in [2.05, 4.69) is 0 Å². The highest BCUT2D eigenvalue weighted by Gasteiger charge is 2.31. The van der Waals surface area contributed by atoms with Crippen molar-refractivity contribution in [3.8, 4) is 0 Å². The van der Waals surface area contributed by atoms with Gasteiger partial charge in [0, 0.05) is 13.1 Å². The van der Waals surface area contributed by atoms with Crippen LogP contribution in [0.4, 0.5) is 8.78 Å². The number of sulfonamides is 1. The van der Waals surface area contributed by atoms with Crippen molar-refractivity contribution in [3.63, 3.8) is 0 Å². The summed E-state index contributed by atoms with van der Waals surface area (Å²) in [5, 5.41) is 0. The summed E-state index contributed by atoms with van der Waals surface area (Å²) in [6.07, 6.45) is 0. The number of benzene rings is 1. The van der Waals surface area contributed by atoms with Crippen LogP contribution < -0.4 is 5.73 Å². The molecule has 20 heavy (non-hydrogen) atoms. The van der Waals surface area contributed by atoms with Gasteiger partial charge in [-0.05, 0) is 30.2 Å². The third-order valence-corrected chi connectivity index (χ3v) is 4.96. The van der Waals surface area contributed by atoms with Gasteiger partial charge in [0.05, 0.1) is 0 Å². The second-order valence-corrected chi connectivity index (χ2v) is 7.28. The van der Waals surface area contributed by atoms with Crippen LogP contribution in [-0.4, -0.2) is 32.4 Å². The average Bonchev–Trinajstić information content (AvgIpc) is 2.38. The Kier molecular flexibility index (Phi) is 5.23. The normalized spacial score (nSPS) is 12.9. The largest absolute Gasteiger partial charge is 0.330 e. The molecule has 0 radical (unpaired) electrons. The van der Waals surface area contributed by atoms with Gasteiger partial charge in [-0.15, -0.1) is 0 Å². The number of nitrogens with zero attached hydrogens (tertiary/aromatic N) is 1. The molecule has 0 aliphatic rings. The zero-order valence-corrected chi connectivity index (χ0v) is 12.7. The van der Waals surface area contributed by atoms with Crippen LogP contribution in [0.2, 0.25) is 0 Å². The molecule has 1 rings (SSSR count). The fourth-order valence-electron chi connectivity index (χ4n) is 1.72. The summed E-state index contributed by atoms with van der Waals surface area (Å²) >= 11 is 0. The highest BCUT2D eigenvalue weighted by molar-refractivity contribution is 7.89. The van der Waals surface area contributed by atoms with Crippen molar-refractivity contribution >= 4 is 10.0 Å². The average molecular weight is 306 g/mol. The van der Waals surface area contributed by atoms with Gasteiger partial charge in [-0.2, -0.15) is 4.31 Å². The zero-order valence-electron chi connectivity index (χ0n) is 11.9. The Morgan fingerprint density at radius 2 is 1.90 bits per heavy atom. The maximum atomic E-state index is 13.7. The standard InChI is InChI=1S/C13H20F2N2O2S/c1-4-17(9-13(2,3)8-16)20(18,19)12-7-10(14)5-6-11(12)15/h5-7H,4,8-9,16H2,1-3H3. The lowest BCUT2D eigenvalue weighted by atomic mass is 9.94. The van der Waals surface area contributed by atoms with E-state index in [1.54, 1.807) is 6.92 Å². The van der Waals surface area contributed by atoms with Crippen LogP contribution in [-0.2, 0) is 10.0 Å². The summed E-state index contributed by atoms with van der Waals surface area (Å²) in [6.45, 7) is 5.84. The van der Waals surface area contributed by atoms with Gasteiger partial charge in [-0.1, -0.05) is 20.8 Å². The number of rotatable bonds is 6. The molecule has 7 heteroatoms. The Morgan fingerprint density at radius 1 is 1.30 bits per heavy atom. The monoisotopic (exact) mass is 306 g/mol. The maximum absolute atomic E-state index is 13.7. The molecular weight excluding hydrogens is 286 g/mol. The van der Waals surface area contributed by atoms with Gasteiger partial charge in [-0.25, -0.2) is 17.2 Å². The Hall–Kier alpha value is -1.05. The van der Waals surface area contributed by atoms with E-state index in [1.807, 2.05) is 13.8 Å². The molecule has 0 heterocycles. The summed E-state index contributed by atoms with van der Waals surface area (Å²) in [5.41, 5.74) is 5.14. The summed E-state index contributed by atoms with van der Waals surface area (Å²) in [7, 11) is -4.08. The van der Waals surface area contributed by atoms with Crippen molar-refractivity contribution in [3.05, 3.63) is 29.8 Å². The lowest BCUT2D eigenvalue weighted by Gasteiger charge is -2.30. The first-order chi connectivity index (χ1) is 9.14. The summed E-state index contributed by atoms with van der Waals surface area (Å²) in [5.74, 6) is -1.76. The minimum Gasteiger partial charge on any atom is -0.330 e. The molecule has 1 aromatic rings. The predicted molar refractivity (Wildman–Crippen MR) is 73.6 cm³/mol. The van der Waals surface area contributed by atoms with E-state index >= 15 is 0 Å². The maximum Gasteiger partial charge on any atom is 0.246 e. The first-order valence-electron chi connectivity index (χ1n) is 6.29. The predicted octanol–water partition coefficient (Wildman–Crippen LogP) is 1.96. The van der Waals surface area contributed by atoms with E-state index < -0.39 is 32.0 Å². The third-order valence-electron chi connectivity index (χ3n) is 3.02. The van der Waals surface area contributed by atoms with E-state index in [0.717, 1.165) is 16.4 Å². The van der Waals surface area contributed by atoms with Crippen molar-refractivity contribution in [2.75, 3.05) is 19.6 Å². The van der Waals surface area contributed by atoms with Crippen LogP contribution >= 0.6 is 0 Å².